The molecule has 0 saturated carbocycles. The van der Waals surface area contributed by atoms with Gasteiger partial charge in [0, 0.05) is 6.42 Å². The number of carbonyl (C=O) groups excluding carboxylic acids is 1. The fourth-order valence-electron chi connectivity index (χ4n) is 5.08. The van der Waals surface area contributed by atoms with Crippen molar-refractivity contribution in [3.05, 3.63) is 48.6 Å². The van der Waals surface area contributed by atoms with Gasteiger partial charge in [-0.15, -0.1) is 0 Å². The number of aliphatic hydroxyl groups excluding tert-OH is 1. The molecule has 0 rings (SSSR count). The number of hydrogen-bond donors (Lipinski definition) is 2. The van der Waals surface area contributed by atoms with E-state index in [9.17, 15) is 19.4 Å². The van der Waals surface area contributed by atoms with Crippen molar-refractivity contribution in [1.29, 1.82) is 0 Å². The van der Waals surface area contributed by atoms with Crippen molar-refractivity contribution in [2.75, 3.05) is 40.9 Å². The second-order valence-corrected chi connectivity index (χ2v) is 15.7. The summed E-state index contributed by atoms with van der Waals surface area (Å²) in [5, 5.41) is 13.7. The molecular formula is C40H75N2O6P. The van der Waals surface area contributed by atoms with Crippen LogP contribution in [0.4, 0.5) is 0 Å². The molecule has 1 amide bonds. The van der Waals surface area contributed by atoms with Crippen LogP contribution in [0.3, 0.4) is 0 Å². The van der Waals surface area contributed by atoms with E-state index in [0.29, 0.717) is 17.4 Å². The zero-order valence-electron chi connectivity index (χ0n) is 32.1. The number of likely N-dealkylation sites (N-methyl/N-ethyl adjacent to an activating group) is 1. The maximum atomic E-state index is 12.8. The number of carbonyl (C=O) groups is 1. The van der Waals surface area contributed by atoms with E-state index in [1.54, 1.807) is 6.08 Å². The van der Waals surface area contributed by atoms with E-state index < -0.39 is 26.6 Å². The van der Waals surface area contributed by atoms with Crippen LogP contribution in [0.25, 0.3) is 0 Å². The quantitative estimate of drug-likeness (QED) is 0.0298. The van der Waals surface area contributed by atoms with Gasteiger partial charge >= 0.3 is 0 Å². The van der Waals surface area contributed by atoms with Crippen LogP contribution >= 0.6 is 7.82 Å². The van der Waals surface area contributed by atoms with E-state index in [-0.39, 0.29) is 12.5 Å². The third kappa shape index (κ3) is 34.7. The smallest absolute Gasteiger partial charge is 0.268 e. The van der Waals surface area contributed by atoms with Crippen molar-refractivity contribution in [2.24, 2.45) is 0 Å². The molecule has 3 atom stereocenters. The first-order valence-corrected chi connectivity index (χ1v) is 21.0. The Kier molecular flexibility index (Phi) is 31.4. The summed E-state index contributed by atoms with van der Waals surface area (Å²) in [6.07, 6.45) is 38.7. The summed E-state index contributed by atoms with van der Waals surface area (Å²) in [4.78, 5) is 25.1. The summed E-state index contributed by atoms with van der Waals surface area (Å²) >= 11 is 0. The van der Waals surface area contributed by atoms with E-state index >= 15 is 0 Å². The van der Waals surface area contributed by atoms with Gasteiger partial charge in [0.2, 0.25) is 5.91 Å². The molecule has 286 valence electrons. The molecule has 0 aliphatic rings. The number of aliphatic hydroxyl groups is 1. The van der Waals surface area contributed by atoms with Crippen LogP contribution in [0.15, 0.2) is 48.6 Å². The Labute approximate surface area is 301 Å². The molecule has 0 aliphatic heterocycles. The van der Waals surface area contributed by atoms with Crippen LogP contribution in [0.5, 0.6) is 0 Å². The number of phosphoric ester groups is 1. The van der Waals surface area contributed by atoms with Crippen LogP contribution in [0.2, 0.25) is 0 Å². The van der Waals surface area contributed by atoms with Gasteiger partial charge in [-0.05, 0) is 64.2 Å². The second kappa shape index (κ2) is 32.4. The highest BCUT2D eigenvalue weighted by molar-refractivity contribution is 7.45. The first-order valence-electron chi connectivity index (χ1n) is 19.5. The average molecular weight is 711 g/mol. The minimum absolute atomic E-state index is 0.0110. The third-order valence-corrected chi connectivity index (χ3v) is 9.23. The predicted molar refractivity (Wildman–Crippen MR) is 205 cm³/mol. The number of phosphoric acid groups is 1. The lowest BCUT2D eigenvalue weighted by Gasteiger charge is -2.29. The molecule has 0 radical (unpaired) electrons. The first kappa shape index (κ1) is 47.5. The van der Waals surface area contributed by atoms with Gasteiger partial charge in [-0.2, -0.15) is 0 Å². The summed E-state index contributed by atoms with van der Waals surface area (Å²) in [5.74, 6) is -0.226. The molecule has 0 bridgehead atoms. The number of nitrogens with one attached hydrogen (secondary N) is 1. The molecule has 9 heteroatoms. The lowest BCUT2D eigenvalue weighted by molar-refractivity contribution is -0.870. The summed E-state index contributed by atoms with van der Waals surface area (Å²) in [6, 6.07) is -0.908. The standard InChI is InChI=1S/C40H75N2O6P/c1-6-8-10-12-14-16-18-20-21-22-24-26-28-30-32-34-40(44)41-38(37-48-49(45,46)47-36-35-42(3,4)5)39(43)33-31-29-27-25-23-19-17-15-13-11-9-7-2/h14,16,20-21,23,25,31,33,38-39,43H,6-13,15,17-19,22,24,26-30,32,34-37H2,1-5H3,(H-,41,44,45,46)/b16-14-,21-20-,25-23+,33-31+. The van der Waals surface area contributed by atoms with Gasteiger partial charge in [-0.25, -0.2) is 0 Å². The largest absolute Gasteiger partial charge is 0.756 e. The maximum absolute atomic E-state index is 12.8. The first-order chi connectivity index (χ1) is 23.5. The number of nitrogens with zero attached hydrogens (tertiary/aromatic N) is 1. The van der Waals surface area contributed by atoms with E-state index in [2.05, 4.69) is 55.6 Å². The summed E-state index contributed by atoms with van der Waals surface area (Å²) in [5.41, 5.74) is 0. The Balaban J connectivity index is 4.60. The number of quaternary nitrogens is 1. The molecule has 0 fully saturated rings. The van der Waals surface area contributed by atoms with Gasteiger partial charge in [-0.1, -0.05) is 127 Å². The normalized spacial score (nSPS) is 15.2. The minimum atomic E-state index is -4.59. The van der Waals surface area contributed by atoms with Crippen LogP contribution in [0.1, 0.15) is 149 Å². The monoisotopic (exact) mass is 711 g/mol. The molecule has 0 aromatic carbocycles. The number of allylic oxidation sites excluding steroid dienone is 7. The van der Waals surface area contributed by atoms with Gasteiger partial charge in [-0.3, -0.25) is 9.36 Å². The number of hydrogen-bond acceptors (Lipinski definition) is 6. The van der Waals surface area contributed by atoms with E-state index in [4.69, 9.17) is 9.05 Å². The van der Waals surface area contributed by atoms with E-state index in [0.717, 1.165) is 64.2 Å². The Morgan fingerprint density at radius 1 is 0.714 bits per heavy atom. The number of unbranched alkanes of at least 4 members (excludes halogenated alkanes) is 15. The highest BCUT2D eigenvalue weighted by Crippen LogP contribution is 2.38. The lowest BCUT2D eigenvalue weighted by atomic mass is 10.1. The molecule has 2 N–H and O–H groups in total. The molecule has 0 aromatic heterocycles. The van der Waals surface area contributed by atoms with Gasteiger partial charge in [0.05, 0.1) is 39.9 Å². The van der Waals surface area contributed by atoms with Crippen LogP contribution in [-0.2, 0) is 18.4 Å². The average Bonchev–Trinajstić information content (AvgIpc) is 3.04. The highest BCUT2D eigenvalue weighted by Gasteiger charge is 2.23. The Hall–Kier alpha value is -1.54. The summed E-state index contributed by atoms with van der Waals surface area (Å²) < 4.78 is 23.1. The van der Waals surface area contributed by atoms with Crippen LogP contribution < -0.4 is 10.2 Å². The summed E-state index contributed by atoms with van der Waals surface area (Å²) in [6.45, 7) is 4.54. The molecule has 0 aliphatic carbocycles. The van der Waals surface area contributed by atoms with Crippen LogP contribution in [0, 0.1) is 0 Å². The minimum Gasteiger partial charge on any atom is -0.756 e. The van der Waals surface area contributed by atoms with Gasteiger partial charge in [0.25, 0.3) is 7.82 Å². The molecule has 8 nitrogen and oxygen atoms in total. The van der Waals surface area contributed by atoms with Crippen molar-refractivity contribution in [1.82, 2.24) is 5.32 Å². The second-order valence-electron chi connectivity index (χ2n) is 14.3. The van der Waals surface area contributed by atoms with Crippen molar-refractivity contribution < 1.29 is 32.9 Å². The molecular weight excluding hydrogens is 635 g/mol. The number of rotatable bonds is 34. The highest BCUT2D eigenvalue weighted by atomic mass is 31.2. The Morgan fingerprint density at radius 3 is 1.82 bits per heavy atom. The van der Waals surface area contributed by atoms with Crippen molar-refractivity contribution in [2.45, 2.75) is 161 Å². The van der Waals surface area contributed by atoms with Crippen molar-refractivity contribution in [3.63, 3.8) is 0 Å². The zero-order valence-corrected chi connectivity index (χ0v) is 33.0. The van der Waals surface area contributed by atoms with Gasteiger partial charge in [0.1, 0.15) is 13.2 Å². The molecule has 0 saturated heterocycles. The fraction of sp³-hybridized carbons (Fsp3) is 0.775. The molecule has 0 aromatic rings. The van der Waals surface area contributed by atoms with E-state index in [1.807, 2.05) is 27.2 Å². The topological polar surface area (TPSA) is 108 Å². The van der Waals surface area contributed by atoms with E-state index in [1.165, 1.54) is 64.2 Å². The molecule has 49 heavy (non-hydrogen) atoms. The van der Waals surface area contributed by atoms with Crippen LogP contribution in [-0.4, -0.2) is 68.5 Å². The third-order valence-electron chi connectivity index (χ3n) is 8.26. The fourth-order valence-corrected chi connectivity index (χ4v) is 5.80. The Morgan fingerprint density at radius 2 is 1.20 bits per heavy atom. The van der Waals surface area contributed by atoms with Gasteiger partial charge < -0.3 is 28.8 Å². The predicted octanol–water partition coefficient (Wildman–Crippen LogP) is 9.50. The number of amides is 1. The van der Waals surface area contributed by atoms with Crippen molar-refractivity contribution in [3.8, 4) is 0 Å². The maximum Gasteiger partial charge on any atom is 0.268 e. The SMILES string of the molecule is CCCCC/C=C\C/C=C\CCCCCCCC(=O)NC(COP(=O)([O-])OCC[N+](C)(C)C)C(O)/C=C/CC/C=C/CCCCCCCC. The lowest BCUT2D eigenvalue weighted by Crippen LogP contribution is -2.45. The Bertz CT molecular complexity index is 944. The zero-order chi connectivity index (χ0) is 36.5. The van der Waals surface area contributed by atoms with Gasteiger partial charge in [0.15, 0.2) is 0 Å². The van der Waals surface area contributed by atoms with Crippen molar-refractivity contribution >= 4 is 13.7 Å². The molecule has 0 spiro atoms. The summed E-state index contributed by atoms with van der Waals surface area (Å²) in [7, 11) is 1.22. The molecule has 3 unspecified atom stereocenters. The molecule has 0 heterocycles.